The van der Waals surface area contributed by atoms with Crippen LogP contribution in [0.15, 0.2) is 49.1 Å². The number of nitrogens with two attached hydrogens (primary N) is 1. The van der Waals surface area contributed by atoms with Gasteiger partial charge in [0.2, 0.25) is 5.12 Å². The van der Waals surface area contributed by atoms with Gasteiger partial charge in [0.15, 0.2) is 34.6 Å². The molecule has 19 heteroatoms. The second-order valence-corrected chi connectivity index (χ2v) is 15.2. The monoisotopic (exact) mass is 814 g/mol. The van der Waals surface area contributed by atoms with E-state index in [9.17, 15) is 29.7 Å². The molecule has 0 unspecified atom stereocenters. The number of anilines is 3. The number of fused-ring (bicyclic) bond motifs is 8. The van der Waals surface area contributed by atoms with Gasteiger partial charge in [-0.15, -0.1) is 0 Å². The minimum atomic E-state index is -0.481. The van der Waals surface area contributed by atoms with Crippen LogP contribution < -0.4 is 25.0 Å². The maximum atomic E-state index is 14.5. The van der Waals surface area contributed by atoms with Crippen molar-refractivity contribution in [1.29, 1.82) is 0 Å². The van der Waals surface area contributed by atoms with Crippen molar-refractivity contribution in [3.05, 3.63) is 77.3 Å². The number of carbonyl (C=O) groups excluding carboxylic acids is 3. The summed E-state index contributed by atoms with van der Waals surface area (Å²) in [5.74, 6) is -0.755. The SMILES string of the molecule is COc1cc2[nH]c(C(=O)N3C[C@@H](Cn4cnc(N)c5ncnc4-5)c4c3cc(O)c3[nH]c(C(=O)N5CCc6c5c(O)c(OC)c5[nH]c(C(=O)SC)cc65)cc43)cc2cc1O. The number of benzene rings is 3. The van der Waals surface area contributed by atoms with Gasteiger partial charge in [0, 0.05) is 59.4 Å². The lowest BCUT2D eigenvalue weighted by molar-refractivity contribution is 0.0977. The number of nitrogens with one attached hydrogen (secondary N) is 3. The average Bonchev–Trinajstić information content (AvgIpc) is 4.09. The minimum Gasteiger partial charge on any atom is -0.506 e. The van der Waals surface area contributed by atoms with Gasteiger partial charge in [0.05, 0.1) is 48.6 Å². The number of nitrogens with zero attached hydrogens (tertiary/aromatic N) is 6. The molecule has 0 spiro atoms. The van der Waals surface area contributed by atoms with Crippen LogP contribution in [-0.4, -0.2) is 100 Å². The Kier molecular flexibility index (Phi) is 7.96. The summed E-state index contributed by atoms with van der Waals surface area (Å²) >= 11 is 1.05. The molecule has 4 aliphatic heterocycles. The van der Waals surface area contributed by atoms with Gasteiger partial charge in [-0.3, -0.25) is 14.4 Å². The van der Waals surface area contributed by atoms with Gasteiger partial charge in [0.25, 0.3) is 11.8 Å². The fraction of sp³-hybridized carbons (Fsp3) is 0.200. The van der Waals surface area contributed by atoms with Crippen LogP contribution in [0.3, 0.4) is 0 Å². The maximum Gasteiger partial charge on any atom is 0.274 e. The number of ether oxygens (including phenoxy) is 2. The molecule has 6 aromatic rings. The first-order valence-electron chi connectivity index (χ1n) is 18.4. The molecule has 7 heterocycles. The van der Waals surface area contributed by atoms with Crippen LogP contribution in [0, 0.1) is 0 Å². The highest BCUT2D eigenvalue weighted by molar-refractivity contribution is 8.13. The van der Waals surface area contributed by atoms with Crippen LogP contribution in [0.25, 0.3) is 44.2 Å². The highest BCUT2D eigenvalue weighted by Crippen LogP contribution is 2.51. The number of imidazole rings is 1. The molecule has 8 N–H and O–H groups in total. The Balaban J connectivity index is 1.08. The zero-order valence-corrected chi connectivity index (χ0v) is 32.4. The third-order valence-electron chi connectivity index (χ3n) is 11.3. The number of thioether (sulfide) groups is 1. The van der Waals surface area contributed by atoms with Crippen LogP contribution in [0.4, 0.5) is 17.2 Å². The first-order valence-corrected chi connectivity index (χ1v) is 19.6. The van der Waals surface area contributed by atoms with Gasteiger partial charge in [-0.1, -0.05) is 11.8 Å². The topological polar surface area (TPSA) is 254 Å². The quantitative estimate of drug-likeness (QED) is 0.111. The zero-order valence-electron chi connectivity index (χ0n) is 31.6. The Morgan fingerprint density at radius 1 is 0.881 bits per heavy atom. The number of aromatic hydroxyl groups is 3. The van der Waals surface area contributed by atoms with Crippen molar-refractivity contribution in [2.75, 3.05) is 49.1 Å². The van der Waals surface area contributed by atoms with Gasteiger partial charge < -0.3 is 59.8 Å². The number of H-pyrrole nitrogens is 3. The van der Waals surface area contributed by atoms with Crippen molar-refractivity contribution >= 4 is 78.6 Å². The van der Waals surface area contributed by atoms with Crippen LogP contribution in [-0.2, 0) is 13.0 Å². The summed E-state index contributed by atoms with van der Waals surface area (Å²) in [6, 6.07) is 9.60. The van der Waals surface area contributed by atoms with E-state index >= 15 is 0 Å². The molecular formula is C40H34N10O8S. The number of rotatable bonds is 7. The van der Waals surface area contributed by atoms with E-state index in [1.165, 1.54) is 37.6 Å². The number of hydrogen-bond donors (Lipinski definition) is 7. The first-order chi connectivity index (χ1) is 28.5. The molecule has 0 bridgehead atoms. The largest absolute Gasteiger partial charge is 0.506 e. The van der Waals surface area contributed by atoms with E-state index in [-0.39, 0.29) is 81.9 Å². The Hall–Kier alpha value is -7.41. The highest BCUT2D eigenvalue weighted by Gasteiger charge is 2.39. The maximum absolute atomic E-state index is 14.5. The lowest BCUT2D eigenvalue weighted by atomic mass is 9.96. The van der Waals surface area contributed by atoms with Gasteiger partial charge in [-0.05, 0) is 48.1 Å². The van der Waals surface area contributed by atoms with E-state index in [0.717, 1.165) is 11.8 Å². The molecule has 59 heavy (non-hydrogen) atoms. The molecule has 2 amide bonds. The third-order valence-corrected chi connectivity index (χ3v) is 11.9. The molecule has 298 valence electrons. The van der Waals surface area contributed by atoms with Crippen molar-refractivity contribution in [3.63, 3.8) is 0 Å². The first kappa shape index (κ1) is 36.0. The molecular weight excluding hydrogens is 781 g/mol. The average molecular weight is 815 g/mol. The van der Waals surface area contributed by atoms with E-state index < -0.39 is 17.7 Å². The summed E-state index contributed by atoms with van der Waals surface area (Å²) in [4.78, 5) is 66.9. The molecule has 0 aliphatic carbocycles. The van der Waals surface area contributed by atoms with Crippen molar-refractivity contribution in [2.45, 2.75) is 18.9 Å². The molecule has 3 aromatic heterocycles. The van der Waals surface area contributed by atoms with Crippen molar-refractivity contribution in [1.82, 2.24) is 34.5 Å². The summed E-state index contributed by atoms with van der Waals surface area (Å²) in [5.41, 5.74) is 10.6. The number of carbonyl (C=O) groups is 3. The highest BCUT2D eigenvalue weighted by atomic mass is 32.2. The normalized spacial score (nSPS) is 14.9. The van der Waals surface area contributed by atoms with Gasteiger partial charge in [-0.25, -0.2) is 15.0 Å². The van der Waals surface area contributed by atoms with Gasteiger partial charge in [0.1, 0.15) is 29.2 Å². The Bertz CT molecular complexity index is 3070. The van der Waals surface area contributed by atoms with E-state index in [0.29, 0.717) is 67.6 Å². The molecule has 0 saturated carbocycles. The van der Waals surface area contributed by atoms with Crippen LogP contribution >= 0.6 is 11.8 Å². The number of phenols is 3. The molecule has 0 saturated heterocycles. The molecule has 18 nitrogen and oxygen atoms in total. The van der Waals surface area contributed by atoms with E-state index in [1.807, 2.05) is 0 Å². The number of aromatic nitrogens is 7. The summed E-state index contributed by atoms with van der Waals surface area (Å²) in [6.07, 6.45) is 5.03. The summed E-state index contributed by atoms with van der Waals surface area (Å²) in [6.45, 7) is 0.655. The number of aromatic amines is 3. The predicted octanol–water partition coefficient (Wildman–Crippen LogP) is 5.09. The second-order valence-electron chi connectivity index (χ2n) is 14.4. The number of amides is 2. The van der Waals surface area contributed by atoms with Crippen molar-refractivity contribution in [3.8, 4) is 40.3 Å². The van der Waals surface area contributed by atoms with Gasteiger partial charge in [-0.2, -0.15) is 0 Å². The lowest BCUT2D eigenvalue weighted by Crippen LogP contribution is -2.31. The summed E-state index contributed by atoms with van der Waals surface area (Å²) < 4.78 is 12.7. The van der Waals surface area contributed by atoms with E-state index in [4.69, 9.17) is 15.2 Å². The fourth-order valence-corrected chi connectivity index (χ4v) is 8.99. The van der Waals surface area contributed by atoms with E-state index in [2.05, 4.69) is 29.9 Å². The molecule has 0 radical (unpaired) electrons. The van der Waals surface area contributed by atoms with Crippen molar-refractivity contribution in [2.24, 2.45) is 0 Å². The number of hydrogen-bond acceptors (Lipinski definition) is 13. The fourth-order valence-electron chi connectivity index (χ4n) is 8.66. The number of methoxy groups -OCH3 is 2. The second kappa shape index (κ2) is 13.1. The van der Waals surface area contributed by atoms with Crippen LogP contribution in [0.2, 0.25) is 0 Å². The summed E-state index contributed by atoms with van der Waals surface area (Å²) in [5, 5.41) is 35.1. The Labute approximate surface area is 336 Å². The number of nitrogen functional groups attached to an aromatic ring is 1. The zero-order chi connectivity index (χ0) is 41.0. The smallest absolute Gasteiger partial charge is 0.274 e. The molecule has 1 atom stereocenters. The van der Waals surface area contributed by atoms with Crippen molar-refractivity contribution < 1.29 is 39.2 Å². The molecule has 10 rings (SSSR count). The third kappa shape index (κ3) is 5.27. The molecule has 4 aliphatic rings. The minimum absolute atomic E-state index is 0.0768. The molecule has 3 aromatic carbocycles. The predicted molar refractivity (Wildman–Crippen MR) is 219 cm³/mol. The standard InChI is InChI=1S/C40H34N10O8S/c1-57-28-10-21-16(7-26(28)51)6-22(45-21)39(55)50-13-17(12-48-15-44-36(41)32-37(48)43-14-42-32)29-20-9-23(46-30(20)27(52)11-25(29)50)38(54)49-5-4-18-19-8-24(40(56)59-3)47-31(19)35(58-2)34(53)33(18)49/h6-11,14-15,17,45-47,51-53H,4-5,12-13,41H2,1-3H3/t17-/m1/s1. The number of phenolic OH excluding ortho intramolecular Hbond substituents is 3. The van der Waals surface area contributed by atoms with E-state index in [1.54, 1.807) is 46.3 Å². The Morgan fingerprint density at radius 2 is 1.64 bits per heavy atom. The summed E-state index contributed by atoms with van der Waals surface area (Å²) in [7, 11) is 2.84. The lowest BCUT2D eigenvalue weighted by Gasteiger charge is -2.19. The molecule has 0 fully saturated rings. The van der Waals surface area contributed by atoms with Gasteiger partial charge >= 0.3 is 0 Å². The van der Waals surface area contributed by atoms with Crippen LogP contribution in [0.5, 0.6) is 28.7 Å². The van der Waals surface area contributed by atoms with Crippen LogP contribution in [0.1, 0.15) is 48.5 Å². The Morgan fingerprint density at radius 3 is 2.42 bits per heavy atom.